The molecule has 0 amide bonds. The first kappa shape index (κ1) is 27.8. The van der Waals surface area contributed by atoms with E-state index < -0.39 is 0 Å². The molecule has 4 rings (SSSR count). The van der Waals surface area contributed by atoms with Gasteiger partial charge in [-0.15, -0.1) is 0 Å². The van der Waals surface area contributed by atoms with Gasteiger partial charge < -0.3 is 37.2 Å². The van der Waals surface area contributed by atoms with Crippen LogP contribution in [0.1, 0.15) is 37.5 Å². The van der Waals surface area contributed by atoms with E-state index in [1.165, 1.54) is 33.4 Å². The van der Waals surface area contributed by atoms with E-state index in [1.54, 1.807) is 0 Å². The van der Waals surface area contributed by atoms with Gasteiger partial charge in [0.15, 0.2) is 0 Å². The van der Waals surface area contributed by atoms with Gasteiger partial charge in [0.2, 0.25) is 0 Å². The van der Waals surface area contributed by atoms with Crippen LogP contribution in [0.5, 0.6) is 0 Å². The molecule has 1 aliphatic rings. The fourth-order valence-electron chi connectivity index (χ4n) is 4.92. The van der Waals surface area contributed by atoms with Crippen LogP contribution < -0.4 is 37.2 Å². The Morgan fingerprint density at radius 1 is 0.581 bits per heavy atom. The van der Waals surface area contributed by atoms with Crippen LogP contribution in [-0.2, 0) is 25.9 Å². The van der Waals surface area contributed by atoms with Crippen molar-refractivity contribution in [3.05, 3.63) is 130 Å². The van der Waals surface area contributed by atoms with Crippen molar-refractivity contribution in [2.45, 2.75) is 29.9 Å². The summed E-state index contributed by atoms with van der Waals surface area (Å²) in [6.07, 6.45) is 2.37. The maximum Gasteiger partial charge on any atom is -1.00 e. The van der Waals surface area contributed by atoms with E-state index in [1.807, 2.05) is 0 Å². The quantitative estimate of drug-likeness (QED) is 0.287. The van der Waals surface area contributed by atoms with Crippen molar-refractivity contribution in [2.24, 2.45) is 0 Å². The molecule has 0 saturated carbocycles. The summed E-state index contributed by atoms with van der Waals surface area (Å²) in [7, 11) is 0. The second-order valence-electron chi connectivity index (χ2n) is 7.73. The molecule has 0 N–H and O–H groups in total. The van der Waals surface area contributed by atoms with Gasteiger partial charge in [0.25, 0.3) is 0 Å². The Balaban J connectivity index is 0.00000160. The second kappa shape index (κ2) is 11.0. The largest absolute Gasteiger partial charge is 1.00 e. The average molecular weight is 504 g/mol. The van der Waals surface area contributed by atoms with Gasteiger partial charge in [0, 0.05) is 0 Å². The molecule has 0 aromatic heterocycles. The third-order valence-electron chi connectivity index (χ3n) is 6.36. The number of hydrogen-bond acceptors (Lipinski definition) is 0. The van der Waals surface area contributed by atoms with Crippen molar-refractivity contribution < 1.29 is 57.7 Å². The maximum atomic E-state index is 2.43. The predicted octanol–water partition coefficient (Wildman–Crippen LogP) is -1.97. The molecule has 0 radical (unpaired) electrons. The van der Waals surface area contributed by atoms with Gasteiger partial charge in [0.05, 0.1) is 0 Å². The summed E-state index contributed by atoms with van der Waals surface area (Å²) in [6, 6.07) is 33.1. The fraction of sp³-hybridized carbons (Fsp3) is 0.185. The van der Waals surface area contributed by atoms with E-state index in [0.717, 1.165) is 0 Å². The first-order chi connectivity index (χ1) is 13.5. The van der Waals surface area contributed by atoms with Gasteiger partial charge in [-0.1, -0.05) is 0 Å². The molecule has 158 valence electrons. The van der Waals surface area contributed by atoms with E-state index in [4.69, 9.17) is 0 Å². The third kappa shape index (κ3) is 4.22. The molecule has 1 unspecified atom stereocenters. The molecule has 0 aliphatic heterocycles. The smallest absolute Gasteiger partial charge is 1.00 e. The molecule has 0 heterocycles. The minimum Gasteiger partial charge on any atom is -1.00 e. The van der Waals surface area contributed by atoms with Crippen molar-refractivity contribution in [3.63, 3.8) is 0 Å². The summed E-state index contributed by atoms with van der Waals surface area (Å²) in [6.45, 7) is 6.85. The van der Waals surface area contributed by atoms with Crippen LogP contribution in [0, 0.1) is 0 Å². The van der Waals surface area contributed by atoms with Crippen LogP contribution in [-0.4, -0.2) is 0 Å². The van der Waals surface area contributed by atoms with E-state index in [-0.39, 0.29) is 46.4 Å². The van der Waals surface area contributed by atoms with Crippen molar-refractivity contribution >= 4 is 0 Å². The summed E-state index contributed by atoms with van der Waals surface area (Å²) >= 11 is 2.43. The maximum absolute atomic E-state index is 2.43. The SMILES string of the molecule is CC1=CC(C)=C(C)[C]1([Ti+3])C(c1ccccc1)(c1ccccc1)c1ccccc1.[Cl-].[Cl-].[Cl-]. The van der Waals surface area contributed by atoms with Crippen molar-refractivity contribution in [3.8, 4) is 0 Å². The topological polar surface area (TPSA) is 0 Å². The molecule has 0 nitrogen and oxygen atoms in total. The van der Waals surface area contributed by atoms with Crippen LogP contribution in [0.3, 0.4) is 0 Å². The molecular weight excluding hydrogens is 479 g/mol. The van der Waals surface area contributed by atoms with Crippen LogP contribution in [0.2, 0.25) is 3.72 Å². The fourth-order valence-corrected chi connectivity index (χ4v) is 6.02. The Hall–Kier alpha value is -1.28. The van der Waals surface area contributed by atoms with Crippen LogP contribution in [0.4, 0.5) is 0 Å². The third-order valence-corrected chi connectivity index (χ3v) is 8.15. The monoisotopic (exact) mass is 502 g/mol. The number of hydrogen-bond donors (Lipinski definition) is 0. The molecule has 0 spiro atoms. The minimum atomic E-state index is -0.306. The zero-order valence-electron chi connectivity index (χ0n) is 17.9. The van der Waals surface area contributed by atoms with Gasteiger partial charge >= 0.3 is 181 Å². The Morgan fingerprint density at radius 2 is 0.903 bits per heavy atom. The Labute approximate surface area is 216 Å². The summed E-state index contributed by atoms with van der Waals surface area (Å²) in [5, 5.41) is 0. The number of benzene rings is 3. The average Bonchev–Trinajstić information content (AvgIpc) is 2.94. The Kier molecular flexibility index (Phi) is 9.88. The number of halogens is 3. The molecule has 0 saturated heterocycles. The Bertz CT molecular complexity index is 947. The standard InChI is InChI=1S/C27H25.3ClH.Ti/c1-20-19-21(2)26(22(20)3)27(23-13-7-4-8-14-23,24-15-9-5-10-16-24)25-17-11-6-12-18-25;;;;/h4-19H,1-3H3;3*1H;/q;;;;+3/p-3. The zero-order valence-corrected chi connectivity index (χ0v) is 21.7. The molecule has 1 aliphatic carbocycles. The van der Waals surface area contributed by atoms with E-state index >= 15 is 0 Å². The van der Waals surface area contributed by atoms with E-state index in [2.05, 4.69) is 138 Å². The molecule has 0 bridgehead atoms. The van der Waals surface area contributed by atoms with Crippen molar-refractivity contribution in [1.82, 2.24) is 0 Å². The molecule has 1 atom stereocenters. The summed E-state index contributed by atoms with van der Waals surface area (Å²) in [4.78, 5) is 0. The molecule has 0 fully saturated rings. The van der Waals surface area contributed by atoms with Gasteiger partial charge in [-0.05, 0) is 0 Å². The van der Waals surface area contributed by atoms with Gasteiger partial charge in [-0.2, -0.15) is 0 Å². The first-order valence-corrected chi connectivity index (χ1v) is 10.6. The zero-order chi connectivity index (χ0) is 19.8. The van der Waals surface area contributed by atoms with Crippen LogP contribution in [0.15, 0.2) is 114 Å². The van der Waals surface area contributed by atoms with Crippen LogP contribution in [0.25, 0.3) is 0 Å². The van der Waals surface area contributed by atoms with Crippen molar-refractivity contribution in [2.75, 3.05) is 0 Å². The molecule has 3 aromatic carbocycles. The molecule has 31 heavy (non-hydrogen) atoms. The Morgan fingerprint density at radius 3 is 1.16 bits per heavy atom. The van der Waals surface area contributed by atoms with Gasteiger partial charge in [-0.3, -0.25) is 0 Å². The molecule has 4 heteroatoms. The van der Waals surface area contributed by atoms with Gasteiger partial charge in [0.1, 0.15) is 0 Å². The first-order valence-electron chi connectivity index (χ1n) is 9.81. The van der Waals surface area contributed by atoms with E-state index in [9.17, 15) is 0 Å². The normalized spacial score (nSPS) is 17.8. The number of rotatable bonds is 4. The van der Waals surface area contributed by atoms with Crippen LogP contribution >= 0.6 is 0 Å². The predicted molar refractivity (Wildman–Crippen MR) is 114 cm³/mol. The summed E-state index contributed by atoms with van der Waals surface area (Å²) in [5.74, 6) is 0. The van der Waals surface area contributed by atoms with Gasteiger partial charge in [-0.25, -0.2) is 0 Å². The number of allylic oxidation sites excluding steroid dienone is 4. The summed E-state index contributed by atoms with van der Waals surface area (Å²) < 4.78 is -0.152. The minimum absolute atomic E-state index is 0. The van der Waals surface area contributed by atoms with E-state index in [0.29, 0.717) is 0 Å². The molecular formula is C27H25Cl3Ti. The second-order valence-corrected chi connectivity index (χ2v) is 8.90. The summed E-state index contributed by atoms with van der Waals surface area (Å²) in [5.41, 5.74) is 7.93. The van der Waals surface area contributed by atoms with Crippen molar-refractivity contribution in [1.29, 1.82) is 0 Å². The molecule has 3 aromatic rings.